The van der Waals surface area contributed by atoms with Crippen LogP contribution in [0, 0.1) is 11.8 Å². The zero-order valence-corrected chi connectivity index (χ0v) is 14.9. The molecule has 0 aliphatic rings. The Hall–Kier alpha value is -3.57. The number of aromatic nitrogens is 1. The SMILES string of the molecule is Oc1cc2ccc(C#CCc3ccccc3)cc2cc1Cc1ccncc1. The van der Waals surface area contributed by atoms with Gasteiger partial charge in [-0.05, 0) is 63.9 Å². The Balaban J connectivity index is 1.60. The minimum Gasteiger partial charge on any atom is -0.508 e. The molecule has 0 saturated heterocycles. The van der Waals surface area contributed by atoms with Crippen LogP contribution in [0.15, 0.2) is 85.2 Å². The van der Waals surface area contributed by atoms with E-state index in [1.165, 1.54) is 5.56 Å². The highest BCUT2D eigenvalue weighted by atomic mass is 16.3. The average molecular weight is 349 g/mol. The lowest BCUT2D eigenvalue weighted by molar-refractivity contribution is 0.470. The molecule has 2 heteroatoms. The van der Waals surface area contributed by atoms with Gasteiger partial charge in [0.25, 0.3) is 0 Å². The molecule has 0 saturated carbocycles. The maximum absolute atomic E-state index is 10.4. The van der Waals surface area contributed by atoms with Gasteiger partial charge < -0.3 is 5.11 Å². The van der Waals surface area contributed by atoms with E-state index in [1.807, 2.05) is 54.6 Å². The van der Waals surface area contributed by atoms with Crippen LogP contribution in [-0.2, 0) is 12.8 Å². The quantitative estimate of drug-likeness (QED) is 0.520. The van der Waals surface area contributed by atoms with E-state index in [2.05, 4.69) is 35.0 Å². The summed E-state index contributed by atoms with van der Waals surface area (Å²) >= 11 is 0. The number of phenolic OH excluding ortho intramolecular Hbond substituents is 1. The fraction of sp³-hybridized carbons (Fsp3) is 0.0800. The third-order valence-corrected chi connectivity index (χ3v) is 4.55. The molecule has 1 aromatic heterocycles. The molecule has 1 N–H and O–H groups in total. The Morgan fingerprint density at radius 2 is 1.59 bits per heavy atom. The number of phenols is 1. The van der Waals surface area contributed by atoms with Gasteiger partial charge in [-0.1, -0.05) is 48.2 Å². The summed E-state index contributed by atoms with van der Waals surface area (Å²) in [7, 11) is 0. The molecular formula is C25H19NO. The minimum atomic E-state index is 0.322. The summed E-state index contributed by atoms with van der Waals surface area (Å²) in [4.78, 5) is 4.04. The van der Waals surface area contributed by atoms with Crippen LogP contribution in [0.5, 0.6) is 5.75 Å². The van der Waals surface area contributed by atoms with Crippen LogP contribution in [0.1, 0.15) is 22.3 Å². The second-order valence-corrected chi connectivity index (χ2v) is 6.54. The summed E-state index contributed by atoms with van der Waals surface area (Å²) in [5, 5.41) is 12.5. The van der Waals surface area contributed by atoms with Crippen molar-refractivity contribution in [3.05, 3.63) is 107 Å². The zero-order chi connectivity index (χ0) is 18.5. The summed E-state index contributed by atoms with van der Waals surface area (Å²) in [6, 6.07) is 24.2. The molecule has 4 aromatic rings. The Labute approximate surface area is 159 Å². The highest BCUT2D eigenvalue weighted by Gasteiger charge is 2.06. The highest BCUT2D eigenvalue weighted by Crippen LogP contribution is 2.27. The number of fused-ring (bicyclic) bond motifs is 1. The number of nitrogens with zero attached hydrogens (tertiary/aromatic N) is 1. The first kappa shape index (κ1) is 16.9. The van der Waals surface area contributed by atoms with Gasteiger partial charge in [-0.3, -0.25) is 4.98 Å². The molecule has 0 amide bonds. The molecule has 130 valence electrons. The maximum Gasteiger partial charge on any atom is 0.119 e. The lowest BCUT2D eigenvalue weighted by Gasteiger charge is -2.08. The van der Waals surface area contributed by atoms with Crippen molar-refractivity contribution in [1.29, 1.82) is 0 Å². The van der Waals surface area contributed by atoms with Crippen LogP contribution < -0.4 is 0 Å². The molecule has 0 aliphatic heterocycles. The van der Waals surface area contributed by atoms with Crippen molar-refractivity contribution in [2.45, 2.75) is 12.8 Å². The van der Waals surface area contributed by atoms with Gasteiger partial charge in [0.2, 0.25) is 0 Å². The molecule has 0 bridgehead atoms. The van der Waals surface area contributed by atoms with Crippen LogP contribution in [0.3, 0.4) is 0 Å². The molecule has 0 unspecified atom stereocenters. The summed E-state index contributed by atoms with van der Waals surface area (Å²) in [5.41, 5.74) is 4.23. The standard InChI is InChI=1S/C25H19NO/c27-25-18-22-10-9-20(8-4-7-19-5-2-1-3-6-19)15-23(22)17-24(25)16-21-11-13-26-14-12-21/h1-3,5-6,9-15,17-18,27H,7,16H2. The molecule has 1 heterocycles. The van der Waals surface area contributed by atoms with Crippen LogP contribution in [0.25, 0.3) is 10.8 Å². The Kier molecular flexibility index (Phi) is 4.85. The number of hydrogen-bond donors (Lipinski definition) is 1. The summed E-state index contributed by atoms with van der Waals surface area (Å²) in [6.07, 6.45) is 4.96. The topological polar surface area (TPSA) is 33.1 Å². The van der Waals surface area contributed by atoms with Crippen LogP contribution in [0.2, 0.25) is 0 Å². The van der Waals surface area contributed by atoms with Crippen molar-refractivity contribution in [2.75, 3.05) is 0 Å². The molecule has 3 aromatic carbocycles. The van der Waals surface area contributed by atoms with Gasteiger partial charge in [0.05, 0.1) is 0 Å². The average Bonchev–Trinajstić information content (AvgIpc) is 2.70. The smallest absolute Gasteiger partial charge is 0.119 e. The number of hydrogen-bond acceptors (Lipinski definition) is 2. The van der Waals surface area contributed by atoms with Gasteiger partial charge in [0, 0.05) is 30.8 Å². The van der Waals surface area contributed by atoms with Gasteiger partial charge in [0.15, 0.2) is 0 Å². The van der Waals surface area contributed by atoms with Gasteiger partial charge in [-0.25, -0.2) is 0 Å². The molecular weight excluding hydrogens is 330 g/mol. The zero-order valence-electron chi connectivity index (χ0n) is 14.9. The van der Waals surface area contributed by atoms with E-state index in [9.17, 15) is 5.11 Å². The van der Waals surface area contributed by atoms with Crippen LogP contribution in [0.4, 0.5) is 0 Å². The lowest BCUT2D eigenvalue weighted by Crippen LogP contribution is -1.90. The van der Waals surface area contributed by atoms with Gasteiger partial charge in [0.1, 0.15) is 5.75 Å². The van der Waals surface area contributed by atoms with Crippen molar-refractivity contribution in [1.82, 2.24) is 4.98 Å². The van der Waals surface area contributed by atoms with Gasteiger partial charge >= 0.3 is 0 Å². The van der Waals surface area contributed by atoms with E-state index in [1.54, 1.807) is 12.4 Å². The third kappa shape index (κ3) is 4.16. The Morgan fingerprint density at radius 1 is 0.778 bits per heavy atom. The first-order chi connectivity index (χ1) is 13.3. The van der Waals surface area contributed by atoms with E-state index in [0.29, 0.717) is 12.2 Å². The molecule has 0 spiro atoms. The summed E-state index contributed by atoms with van der Waals surface area (Å²) in [6.45, 7) is 0. The molecule has 2 nitrogen and oxygen atoms in total. The molecule has 0 aliphatic carbocycles. The molecule has 4 rings (SSSR count). The molecule has 27 heavy (non-hydrogen) atoms. The third-order valence-electron chi connectivity index (χ3n) is 4.55. The monoisotopic (exact) mass is 349 g/mol. The lowest BCUT2D eigenvalue weighted by atomic mass is 9.99. The van der Waals surface area contributed by atoms with E-state index in [0.717, 1.165) is 33.9 Å². The van der Waals surface area contributed by atoms with Crippen molar-refractivity contribution in [3.8, 4) is 17.6 Å². The first-order valence-electron chi connectivity index (χ1n) is 8.95. The second-order valence-electron chi connectivity index (χ2n) is 6.54. The van der Waals surface area contributed by atoms with Crippen molar-refractivity contribution in [3.63, 3.8) is 0 Å². The number of benzene rings is 3. The predicted octanol–water partition coefficient (Wildman–Crippen LogP) is 5.13. The minimum absolute atomic E-state index is 0.322. The van der Waals surface area contributed by atoms with Crippen molar-refractivity contribution < 1.29 is 5.11 Å². The number of rotatable bonds is 3. The maximum atomic E-state index is 10.4. The number of pyridine rings is 1. The summed E-state index contributed by atoms with van der Waals surface area (Å²) in [5.74, 6) is 6.81. The highest BCUT2D eigenvalue weighted by molar-refractivity contribution is 5.86. The first-order valence-corrected chi connectivity index (χ1v) is 8.95. The van der Waals surface area contributed by atoms with E-state index in [4.69, 9.17) is 0 Å². The Morgan fingerprint density at radius 3 is 2.41 bits per heavy atom. The summed E-state index contributed by atoms with van der Waals surface area (Å²) < 4.78 is 0. The van der Waals surface area contributed by atoms with Crippen LogP contribution in [-0.4, -0.2) is 10.1 Å². The van der Waals surface area contributed by atoms with Gasteiger partial charge in [-0.15, -0.1) is 0 Å². The van der Waals surface area contributed by atoms with E-state index >= 15 is 0 Å². The van der Waals surface area contributed by atoms with E-state index < -0.39 is 0 Å². The van der Waals surface area contributed by atoms with E-state index in [-0.39, 0.29) is 0 Å². The van der Waals surface area contributed by atoms with Crippen molar-refractivity contribution in [2.24, 2.45) is 0 Å². The second kappa shape index (κ2) is 7.76. The molecule has 0 fully saturated rings. The normalized spacial score (nSPS) is 10.4. The van der Waals surface area contributed by atoms with Crippen molar-refractivity contribution >= 4 is 10.8 Å². The fourth-order valence-corrected chi connectivity index (χ4v) is 3.12. The Bertz CT molecular complexity index is 1120. The number of aromatic hydroxyl groups is 1. The fourth-order valence-electron chi connectivity index (χ4n) is 3.12. The molecule has 0 atom stereocenters. The van der Waals surface area contributed by atoms with Gasteiger partial charge in [-0.2, -0.15) is 0 Å². The largest absolute Gasteiger partial charge is 0.508 e. The predicted molar refractivity (Wildman–Crippen MR) is 110 cm³/mol. The molecule has 0 radical (unpaired) electrons. The van der Waals surface area contributed by atoms with Crippen LogP contribution >= 0.6 is 0 Å².